The summed E-state index contributed by atoms with van der Waals surface area (Å²) in [7, 11) is 0. The molecule has 0 amide bonds. The number of hydrogen-bond donors (Lipinski definition) is 1. The smallest absolute Gasteiger partial charge is 0.137 e. The Kier molecular flexibility index (Phi) is 3.52. The fraction of sp³-hybridized carbons (Fsp3) is 0.381. The Balaban J connectivity index is 1.67. The number of hydrogen-bond acceptors (Lipinski definition) is 3. The molecule has 0 spiro atoms. The van der Waals surface area contributed by atoms with E-state index >= 15 is 0 Å². The molecule has 3 aromatic rings. The lowest BCUT2D eigenvalue weighted by atomic mass is 10.0. The van der Waals surface area contributed by atoms with Gasteiger partial charge < -0.3 is 5.32 Å². The second-order valence-electron chi connectivity index (χ2n) is 7.30. The minimum atomic E-state index is 0.983. The lowest BCUT2D eigenvalue weighted by Crippen LogP contribution is -2.20. The average Bonchev–Trinajstić information content (AvgIpc) is 3.34. The van der Waals surface area contributed by atoms with Gasteiger partial charge in [0.25, 0.3) is 0 Å². The lowest BCUT2D eigenvalue weighted by molar-refractivity contribution is 0.326. The first-order chi connectivity index (χ1) is 12.3. The summed E-state index contributed by atoms with van der Waals surface area (Å²) in [6.07, 6.45) is 3.74. The quantitative estimate of drug-likeness (QED) is 0.790. The van der Waals surface area contributed by atoms with Crippen LogP contribution in [0.4, 0.5) is 5.69 Å². The van der Waals surface area contributed by atoms with Gasteiger partial charge in [-0.25, -0.2) is 4.98 Å². The molecule has 1 N–H and O–H groups in total. The van der Waals surface area contributed by atoms with E-state index in [9.17, 15) is 0 Å². The molecule has 4 nitrogen and oxygen atoms in total. The Labute approximate surface area is 148 Å². The molecule has 2 aromatic heterocycles. The first-order valence-corrected chi connectivity index (χ1v) is 9.36. The van der Waals surface area contributed by atoms with Gasteiger partial charge in [-0.05, 0) is 69.1 Å². The maximum Gasteiger partial charge on any atom is 0.137 e. The van der Waals surface area contributed by atoms with Gasteiger partial charge >= 0.3 is 0 Å². The van der Waals surface area contributed by atoms with Crippen LogP contribution in [-0.2, 0) is 13.0 Å². The number of nitrogens with one attached hydrogen (secondary N) is 1. The minimum absolute atomic E-state index is 0.983. The average molecular weight is 332 g/mol. The summed E-state index contributed by atoms with van der Waals surface area (Å²) in [5.74, 6) is 0. The van der Waals surface area contributed by atoms with E-state index in [1.54, 1.807) is 0 Å². The van der Waals surface area contributed by atoms with Crippen LogP contribution in [0.1, 0.15) is 29.8 Å². The third-order valence-electron chi connectivity index (χ3n) is 5.59. The maximum atomic E-state index is 5.03. The first-order valence-electron chi connectivity index (χ1n) is 9.36. The van der Waals surface area contributed by atoms with Crippen molar-refractivity contribution in [1.29, 1.82) is 0 Å². The second-order valence-corrected chi connectivity index (χ2v) is 7.30. The molecule has 4 heteroatoms. The van der Waals surface area contributed by atoms with Crippen LogP contribution in [0.15, 0.2) is 36.4 Å². The molecule has 0 aliphatic carbocycles. The van der Waals surface area contributed by atoms with Crippen molar-refractivity contribution in [2.24, 2.45) is 0 Å². The Morgan fingerprint density at radius 3 is 2.88 bits per heavy atom. The van der Waals surface area contributed by atoms with Crippen LogP contribution in [0, 0.1) is 6.92 Å². The number of pyridine rings is 1. The highest BCUT2D eigenvalue weighted by molar-refractivity contribution is 5.71. The van der Waals surface area contributed by atoms with Gasteiger partial charge in [0.05, 0.1) is 11.4 Å². The van der Waals surface area contributed by atoms with E-state index in [-0.39, 0.29) is 0 Å². The van der Waals surface area contributed by atoms with Crippen molar-refractivity contribution in [3.05, 3.63) is 53.3 Å². The van der Waals surface area contributed by atoms with E-state index in [1.807, 2.05) is 0 Å². The van der Waals surface area contributed by atoms with E-state index in [1.165, 1.54) is 54.1 Å². The van der Waals surface area contributed by atoms with Crippen molar-refractivity contribution in [1.82, 2.24) is 14.3 Å². The molecule has 2 aliphatic rings. The summed E-state index contributed by atoms with van der Waals surface area (Å²) < 4.78 is 2.35. The van der Waals surface area contributed by atoms with E-state index in [0.29, 0.717) is 0 Å². The van der Waals surface area contributed by atoms with Crippen LogP contribution < -0.4 is 5.32 Å². The zero-order valence-electron chi connectivity index (χ0n) is 14.8. The van der Waals surface area contributed by atoms with Crippen molar-refractivity contribution >= 4 is 11.3 Å². The Morgan fingerprint density at radius 1 is 1.12 bits per heavy atom. The largest absolute Gasteiger partial charge is 0.384 e. The minimum Gasteiger partial charge on any atom is -0.384 e. The van der Waals surface area contributed by atoms with Gasteiger partial charge in [-0.15, -0.1) is 0 Å². The number of nitrogens with zero attached hydrogens (tertiary/aromatic N) is 3. The SMILES string of the molecule is Cc1cccc2nc(-c3ccc4c(c3)CCN4)c(CN3CCCC3)n12. The predicted molar refractivity (Wildman–Crippen MR) is 102 cm³/mol. The van der Waals surface area contributed by atoms with E-state index in [4.69, 9.17) is 4.98 Å². The van der Waals surface area contributed by atoms with Crippen molar-refractivity contribution in [3.63, 3.8) is 0 Å². The highest BCUT2D eigenvalue weighted by atomic mass is 15.2. The molecule has 1 aromatic carbocycles. The third-order valence-corrected chi connectivity index (χ3v) is 5.59. The molecule has 0 unspecified atom stereocenters. The summed E-state index contributed by atoms with van der Waals surface area (Å²) in [6, 6.07) is 13.2. The number of anilines is 1. The number of likely N-dealkylation sites (tertiary alicyclic amines) is 1. The van der Waals surface area contributed by atoms with Gasteiger partial charge in [-0.2, -0.15) is 0 Å². The number of imidazole rings is 1. The van der Waals surface area contributed by atoms with Crippen molar-refractivity contribution in [2.75, 3.05) is 25.0 Å². The summed E-state index contributed by atoms with van der Waals surface area (Å²) in [4.78, 5) is 7.59. The third kappa shape index (κ3) is 2.52. The Bertz CT molecular complexity index is 934. The highest BCUT2D eigenvalue weighted by Gasteiger charge is 2.21. The van der Waals surface area contributed by atoms with Gasteiger partial charge in [0.15, 0.2) is 0 Å². The summed E-state index contributed by atoms with van der Waals surface area (Å²) in [6.45, 7) is 6.61. The summed E-state index contributed by atoms with van der Waals surface area (Å²) in [5.41, 5.74) is 8.75. The van der Waals surface area contributed by atoms with E-state index < -0.39 is 0 Å². The number of aromatic nitrogens is 2. The molecule has 0 atom stereocenters. The molecule has 128 valence electrons. The lowest BCUT2D eigenvalue weighted by Gasteiger charge is -2.16. The number of benzene rings is 1. The van der Waals surface area contributed by atoms with Gasteiger partial charge in [0, 0.05) is 30.0 Å². The van der Waals surface area contributed by atoms with Crippen molar-refractivity contribution in [3.8, 4) is 11.3 Å². The monoisotopic (exact) mass is 332 g/mol. The van der Waals surface area contributed by atoms with Crippen LogP contribution in [0.25, 0.3) is 16.9 Å². The fourth-order valence-electron chi connectivity index (χ4n) is 4.31. The van der Waals surface area contributed by atoms with Crippen LogP contribution in [-0.4, -0.2) is 33.9 Å². The number of fused-ring (bicyclic) bond motifs is 2. The van der Waals surface area contributed by atoms with Gasteiger partial charge in [-0.1, -0.05) is 12.1 Å². The Hall–Kier alpha value is -2.33. The van der Waals surface area contributed by atoms with E-state index in [2.05, 4.69) is 57.9 Å². The van der Waals surface area contributed by atoms with Crippen LogP contribution >= 0.6 is 0 Å². The highest BCUT2D eigenvalue weighted by Crippen LogP contribution is 2.32. The van der Waals surface area contributed by atoms with Crippen molar-refractivity contribution < 1.29 is 0 Å². The molecule has 2 aliphatic heterocycles. The molecule has 0 bridgehead atoms. The second kappa shape index (κ2) is 5.88. The van der Waals surface area contributed by atoms with Crippen LogP contribution in [0.2, 0.25) is 0 Å². The normalized spacial score (nSPS) is 17.2. The molecule has 5 rings (SSSR count). The van der Waals surface area contributed by atoms with Crippen LogP contribution in [0.5, 0.6) is 0 Å². The molecule has 1 fully saturated rings. The maximum absolute atomic E-state index is 5.03. The van der Waals surface area contributed by atoms with Gasteiger partial charge in [-0.3, -0.25) is 9.30 Å². The number of rotatable bonds is 3. The van der Waals surface area contributed by atoms with Crippen LogP contribution in [0.3, 0.4) is 0 Å². The fourth-order valence-corrected chi connectivity index (χ4v) is 4.31. The van der Waals surface area contributed by atoms with Gasteiger partial charge in [0.2, 0.25) is 0 Å². The number of aryl methyl sites for hydroxylation is 1. The predicted octanol–water partition coefficient (Wildman–Crippen LogP) is 3.87. The first kappa shape index (κ1) is 15.0. The summed E-state index contributed by atoms with van der Waals surface area (Å²) in [5, 5.41) is 3.45. The van der Waals surface area contributed by atoms with Gasteiger partial charge in [0.1, 0.15) is 5.65 Å². The molecule has 0 radical (unpaired) electrons. The standard InChI is InChI=1S/C21H24N4/c1-15-5-4-6-20-23-21(17-7-8-18-16(13-17)9-10-22-18)19(25(15)20)14-24-11-2-3-12-24/h4-8,13,22H,2-3,9-12,14H2,1H3. The molecular formula is C21H24N4. The zero-order chi connectivity index (χ0) is 16.8. The molecule has 1 saturated heterocycles. The Morgan fingerprint density at radius 2 is 2.00 bits per heavy atom. The zero-order valence-corrected chi connectivity index (χ0v) is 14.8. The molecule has 0 saturated carbocycles. The topological polar surface area (TPSA) is 32.6 Å². The molecular weight excluding hydrogens is 308 g/mol. The molecule has 4 heterocycles. The van der Waals surface area contributed by atoms with Crippen molar-refractivity contribution in [2.45, 2.75) is 32.7 Å². The summed E-state index contributed by atoms with van der Waals surface area (Å²) >= 11 is 0. The van der Waals surface area contributed by atoms with E-state index in [0.717, 1.165) is 30.9 Å². The molecule has 25 heavy (non-hydrogen) atoms.